The first-order valence-electron chi connectivity index (χ1n) is 15.3. The van der Waals surface area contributed by atoms with Crippen LogP contribution in [-0.2, 0) is 0 Å². The molecule has 6 aromatic carbocycles. The van der Waals surface area contributed by atoms with Crippen LogP contribution in [0.3, 0.4) is 0 Å². The summed E-state index contributed by atoms with van der Waals surface area (Å²) in [5.41, 5.74) is 15.2. The van der Waals surface area contributed by atoms with Gasteiger partial charge in [-0.2, -0.15) is 0 Å². The van der Waals surface area contributed by atoms with Gasteiger partial charge in [0.15, 0.2) is 0 Å². The lowest BCUT2D eigenvalue weighted by molar-refractivity contribution is 1.06. The third kappa shape index (κ3) is 6.11. The first-order chi connectivity index (χ1) is 21.7. The Hall–Kier alpha value is -4.85. The fourth-order valence-electron chi connectivity index (χ4n) is 6.10. The average Bonchev–Trinajstić information content (AvgIpc) is 3.12. The summed E-state index contributed by atoms with van der Waals surface area (Å²) in [6.45, 7) is 0. The highest BCUT2D eigenvalue weighted by molar-refractivity contribution is 7.98. The number of hydrogen-bond acceptors (Lipinski definition) is 1. The Morgan fingerprint density at radius 2 is 0.864 bits per heavy atom. The molecule has 7 rings (SSSR count). The Morgan fingerprint density at radius 1 is 0.409 bits per heavy atom. The van der Waals surface area contributed by atoms with E-state index in [1.807, 2.05) is 0 Å². The van der Waals surface area contributed by atoms with Crippen LogP contribution < -0.4 is 0 Å². The molecule has 0 aliphatic heterocycles. The zero-order chi connectivity index (χ0) is 29.7. The van der Waals surface area contributed by atoms with E-state index in [0.29, 0.717) is 0 Å². The highest BCUT2D eigenvalue weighted by atomic mass is 32.2. The van der Waals surface area contributed by atoms with Gasteiger partial charge in [0.1, 0.15) is 0 Å². The van der Waals surface area contributed by atoms with Gasteiger partial charge in [-0.1, -0.05) is 121 Å². The van der Waals surface area contributed by atoms with Crippen LogP contribution in [0.5, 0.6) is 0 Å². The number of allylic oxidation sites excluding steroid dienone is 4. The predicted molar refractivity (Wildman–Crippen MR) is 192 cm³/mol. The van der Waals surface area contributed by atoms with Gasteiger partial charge in [-0.3, -0.25) is 0 Å². The highest BCUT2D eigenvalue weighted by Gasteiger charge is 2.14. The number of hydrogen-bond donors (Lipinski definition) is 0. The van der Waals surface area contributed by atoms with E-state index in [9.17, 15) is 0 Å². The molecule has 1 heteroatoms. The smallest absolute Gasteiger partial charge is 0.00752 e. The van der Waals surface area contributed by atoms with Crippen molar-refractivity contribution in [2.24, 2.45) is 0 Å². The topological polar surface area (TPSA) is 0 Å². The summed E-state index contributed by atoms with van der Waals surface area (Å²) in [5.74, 6) is 0. The van der Waals surface area contributed by atoms with E-state index in [4.69, 9.17) is 0 Å². The van der Waals surface area contributed by atoms with Gasteiger partial charge in [-0.15, -0.1) is 11.8 Å². The fraction of sp³-hybridized carbons (Fsp3) is 0.0698. The second-order valence-electron chi connectivity index (χ2n) is 11.3. The molecule has 0 fully saturated rings. The van der Waals surface area contributed by atoms with Crippen molar-refractivity contribution >= 4 is 22.9 Å². The van der Waals surface area contributed by atoms with Crippen molar-refractivity contribution in [3.63, 3.8) is 0 Å². The lowest BCUT2D eigenvalue weighted by atomic mass is 9.87. The highest BCUT2D eigenvalue weighted by Crippen LogP contribution is 2.38. The van der Waals surface area contributed by atoms with Crippen molar-refractivity contribution in [2.75, 3.05) is 6.26 Å². The SMILES string of the molecule is CSc1cccc(-c2cccc(-c3cc(C4=CC(c5ccccc5)=CCC4)cc(-c4cccc(-c5ccccc5)c4)c3)c2)c1. The molecule has 0 unspecified atom stereocenters. The Bertz CT molecular complexity index is 1980. The number of thioether (sulfide) groups is 1. The summed E-state index contributed by atoms with van der Waals surface area (Å²) >= 11 is 1.78. The maximum atomic E-state index is 2.40. The van der Waals surface area contributed by atoms with Crippen LogP contribution in [0, 0.1) is 0 Å². The van der Waals surface area contributed by atoms with Crippen LogP contribution in [-0.4, -0.2) is 6.26 Å². The van der Waals surface area contributed by atoms with Gasteiger partial charge in [0.25, 0.3) is 0 Å². The van der Waals surface area contributed by atoms with Crippen LogP contribution in [0.1, 0.15) is 24.0 Å². The van der Waals surface area contributed by atoms with Gasteiger partial charge < -0.3 is 0 Å². The summed E-state index contributed by atoms with van der Waals surface area (Å²) < 4.78 is 0. The lowest BCUT2D eigenvalue weighted by Gasteiger charge is -2.18. The van der Waals surface area contributed by atoms with E-state index in [1.165, 1.54) is 71.7 Å². The minimum atomic E-state index is 1.03. The molecule has 0 saturated heterocycles. The van der Waals surface area contributed by atoms with Crippen molar-refractivity contribution in [3.8, 4) is 44.5 Å². The molecule has 0 nitrogen and oxygen atoms in total. The molecule has 1 aliphatic rings. The minimum Gasteiger partial charge on any atom is -0.130 e. The largest absolute Gasteiger partial charge is 0.130 e. The second kappa shape index (κ2) is 12.8. The van der Waals surface area contributed by atoms with Crippen LogP contribution in [0.2, 0.25) is 0 Å². The van der Waals surface area contributed by atoms with E-state index in [1.54, 1.807) is 11.8 Å². The second-order valence-corrected chi connectivity index (χ2v) is 12.2. The van der Waals surface area contributed by atoms with Crippen LogP contribution in [0.25, 0.3) is 55.7 Å². The molecule has 0 aromatic heterocycles. The van der Waals surface area contributed by atoms with Crippen molar-refractivity contribution in [2.45, 2.75) is 17.7 Å². The normalized spacial score (nSPS) is 12.8. The lowest BCUT2D eigenvalue weighted by Crippen LogP contribution is -1.95. The molecule has 6 aromatic rings. The van der Waals surface area contributed by atoms with Crippen LogP contribution in [0.15, 0.2) is 169 Å². The molecule has 0 heterocycles. The van der Waals surface area contributed by atoms with Gasteiger partial charge in [-0.05, 0) is 128 Å². The zero-order valence-electron chi connectivity index (χ0n) is 24.9. The van der Waals surface area contributed by atoms with Gasteiger partial charge in [-0.25, -0.2) is 0 Å². The molecular weight excluding hydrogens is 549 g/mol. The minimum absolute atomic E-state index is 1.03. The molecular formula is C43H34S. The van der Waals surface area contributed by atoms with E-state index in [-0.39, 0.29) is 0 Å². The third-order valence-electron chi connectivity index (χ3n) is 8.42. The Labute approximate surface area is 265 Å². The van der Waals surface area contributed by atoms with E-state index in [0.717, 1.165) is 12.8 Å². The Morgan fingerprint density at radius 3 is 1.48 bits per heavy atom. The fourth-order valence-corrected chi connectivity index (χ4v) is 6.56. The molecule has 44 heavy (non-hydrogen) atoms. The summed E-state index contributed by atoms with van der Waals surface area (Å²) in [6.07, 6.45) is 8.98. The van der Waals surface area contributed by atoms with Crippen LogP contribution in [0.4, 0.5) is 0 Å². The molecule has 0 bridgehead atoms. The van der Waals surface area contributed by atoms with E-state index < -0.39 is 0 Å². The zero-order valence-corrected chi connectivity index (χ0v) is 25.7. The molecule has 0 spiro atoms. The summed E-state index contributed by atoms with van der Waals surface area (Å²) in [7, 11) is 0. The van der Waals surface area contributed by atoms with Gasteiger partial charge in [0.2, 0.25) is 0 Å². The van der Waals surface area contributed by atoms with E-state index >= 15 is 0 Å². The van der Waals surface area contributed by atoms with Crippen molar-refractivity contribution < 1.29 is 0 Å². The molecule has 0 N–H and O–H groups in total. The summed E-state index contributed by atoms with van der Waals surface area (Å²) in [5, 5.41) is 0. The summed E-state index contributed by atoms with van der Waals surface area (Å²) in [4.78, 5) is 1.28. The third-order valence-corrected chi connectivity index (χ3v) is 9.15. The maximum Gasteiger partial charge on any atom is 0.00752 e. The monoisotopic (exact) mass is 582 g/mol. The van der Waals surface area contributed by atoms with E-state index in [2.05, 4.69) is 170 Å². The number of benzene rings is 6. The maximum absolute atomic E-state index is 2.40. The van der Waals surface area contributed by atoms with Gasteiger partial charge in [0, 0.05) is 4.90 Å². The van der Waals surface area contributed by atoms with Gasteiger partial charge in [0.05, 0.1) is 0 Å². The quantitative estimate of drug-likeness (QED) is 0.169. The number of rotatable bonds is 7. The molecule has 0 amide bonds. The standard InChI is InChI=1S/C43H34S/c1-44-43-23-11-22-39(30-43)35-18-10-21-38(26-35)42-28-40(36-19-8-16-33(24-36)31-12-4-2-5-13-31)27-41(29-42)37-20-9-17-34(25-37)32-14-6-3-7-15-32/h2-8,10-19,21-30H,9,20H2,1H3. The molecule has 0 saturated carbocycles. The Kier molecular flexibility index (Phi) is 8.13. The first kappa shape index (κ1) is 28.0. The van der Waals surface area contributed by atoms with Gasteiger partial charge >= 0.3 is 0 Å². The van der Waals surface area contributed by atoms with Crippen molar-refractivity contribution in [3.05, 3.63) is 175 Å². The predicted octanol–water partition coefficient (Wildman–Crippen LogP) is 12.3. The van der Waals surface area contributed by atoms with Crippen molar-refractivity contribution in [1.82, 2.24) is 0 Å². The average molecular weight is 583 g/mol. The van der Waals surface area contributed by atoms with Crippen molar-refractivity contribution in [1.29, 1.82) is 0 Å². The first-order valence-corrected chi connectivity index (χ1v) is 16.5. The summed E-state index contributed by atoms with van der Waals surface area (Å²) in [6, 6.07) is 55.3. The molecule has 0 radical (unpaired) electrons. The Balaban J connectivity index is 1.35. The molecule has 1 aliphatic carbocycles. The molecule has 0 atom stereocenters. The van der Waals surface area contributed by atoms with Crippen LogP contribution >= 0.6 is 11.8 Å². The molecule has 212 valence electrons.